The van der Waals surface area contributed by atoms with E-state index in [1.165, 1.54) is 12.1 Å². The van der Waals surface area contributed by atoms with Gasteiger partial charge in [-0.3, -0.25) is 0 Å². The molecule has 1 aromatic rings. The van der Waals surface area contributed by atoms with Crippen LogP contribution in [0.2, 0.25) is 0 Å². The molecule has 0 aliphatic rings. The molecule has 0 N–H and O–H groups in total. The first-order valence-electron chi connectivity index (χ1n) is 5.03. The molecule has 0 atom stereocenters. The van der Waals surface area contributed by atoms with Crippen molar-refractivity contribution in [3.63, 3.8) is 0 Å². The van der Waals surface area contributed by atoms with Crippen molar-refractivity contribution in [3.8, 4) is 11.5 Å². The molecule has 1 rings (SSSR count). The molecule has 0 saturated heterocycles. The molecule has 0 radical (unpaired) electrons. The molecule has 0 unspecified atom stereocenters. The first kappa shape index (κ1) is 13.5. The Balaban J connectivity index is 3.06. The van der Waals surface area contributed by atoms with Crippen LogP contribution in [-0.4, -0.2) is 27.1 Å². The monoisotopic (exact) mass is 249 g/mol. The maximum absolute atomic E-state index is 12.2. The van der Waals surface area contributed by atoms with E-state index in [0.29, 0.717) is 5.69 Å². The summed E-state index contributed by atoms with van der Waals surface area (Å²) in [5, 5.41) is 0. The van der Waals surface area contributed by atoms with Crippen molar-refractivity contribution < 1.29 is 22.6 Å². The highest BCUT2D eigenvalue weighted by molar-refractivity contribution is 5.55. The van der Waals surface area contributed by atoms with Crippen molar-refractivity contribution in [2.75, 3.05) is 25.6 Å². The van der Waals surface area contributed by atoms with Gasteiger partial charge in [-0.2, -0.15) is 0 Å². The summed E-state index contributed by atoms with van der Waals surface area (Å²) in [7, 11) is 3.46. The smallest absolute Gasteiger partial charge is 0.490 e. The van der Waals surface area contributed by atoms with Gasteiger partial charge >= 0.3 is 6.36 Å². The van der Waals surface area contributed by atoms with Crippen molar-refractivity contribution in [1.82, 2.24) is 0 Å². The summed E-state index contributed by atoms with van der Waals surface area (Å²) >= 11 is 0. The lowest BCUT2D eigenvalue weighted by Gasteiger charge is -2.17. The maximum Gasteiger partial charge on any atom is 0.573 e. The van der Waals surface area contributed by atoms with Crippen molar-refractivity contribution in [2.24, 2.45) is 0 Å². The molecule has 6 heteroatoms. The van der Waals surface area contributed by atoms with Gasteiger partial charge in [0.05, 0.1) is 6.61 Å². The second-order valence-electron chi connectivity index (χ2n) is 3.51. The average molecular weight is 249 g/mol. The molecule has 0 aliphatic heterocycles. The largest absolute Gasteiger partial charge is 0.573 e. The van der Waals surface area contributed by atoms with E-state index >= 15 is 0 Å². The van der Waals surface area contributed by atoms with Crippen molar-refractivity contribution in [2.45, 2.75) is 13.3 Å². The van der Waals surface area contributed by atoms with Gasteiger partial charge in [-0.15, -0.1) is 13.2 Å². The lowest BCUT2D eigenvalue weighted by molar-refractivity contribution is -0.275. The van der Waals surface area contributed by atoms with Gasteiger partial charge in [0.25, 0.3) is 0 Å². The number of hydrogen-bond donors (Lipinski definition) is 0. The second kappa shape index (κ2) is 5.16. The third-order valence-electron chi connectivity index (χ3n) is 1.97. The highest BCUT2D eigenvalue weighted by Gasteiger charge is 2.32. The van der Waals surface area contributed by atoms with Gasteiger partial charge in [-0.25, -0.2) is 0 Å². The van der Waals surface area contributed by atoms with E-state index in [2.05, 4.69) is 4.74 Å². The Bertz CT molecular complexity index is 377. The molecule has 0 bridgehead atoms. The first-order valence-corrected chi connectivity index (χ1v) is 5.03. The Hall–Kier alpha value is -1.59. The van der Waals surface area contributed by atoms with Gasteiger partial charge in [0.15, 0.2) is 11.5 Å². The lowest BCUT2D eigenvalue weighted by Crippen LogP contribution is -2.18. The fraction of sp³-hybridized carbons (Fsp3) is 0.455. The number of ether oxygens (including phenoxy) is 2. The van der Waals surface area contributed by atoms with Crippen LogP contribution in [0.3, 0.4) is 0 Å². The molecule has 0 aliphatic carbocycles. The highest BCUT2D eigenvalue weighted by atomic mass is 19.4. The van der Waals surface area contributed by atoms with Gasteiger partial charge < -0.3 is 14.4 Å². The normalized spacial score (nSPS) is 11.2. The zero-order chi connectivity index (χ0) is 13.1. The van der Waals surface area contributed by atoms with E-state index in [-0.39, 0.29) is 18.1 Å². The van der Waals surface area contributed by atoms with Crippen LogP contribution >= 0.6 is 0 Å². The summed E-state index contributed by atoms with van der Waals surface area (Å²) in [4.78, 5) is 1.68. The molecule has 1 aromatic carbocycles. The summed E-state index contributed by atoms with van der Waals surface area (Å²) in [6.45, 7) is 1.97. The van der Waals surface area contributed by atoms with Crippen molar-refractivity contribution >= 4 is 5.69 Å². The van der Waals surface area contributed by atoms with Gasteiger partial charge in [0.1, 0.15) is 0 Å². The molecule has 0 fully saturated rings. The molecule has 0 amide bonds. The topological polar surface area (TPSA) is 21.7 Å². The number of halogens is 3. The predicted octanol–water partition coefficient (Wildman–Crippen LogP) is 3.05. The van der Waals surface area contributed by atoms with Crippen molar-refractivity contribution in [3.05, 3.63) is 18.2 Å². The quantitative estimate of drug-likeness (QED) is 0.818. The van der Waals surface area contributed by atoms with E-state index < -0.39 is 6.36 Å². The van der Waals surface area contributed by atoms with Gasteiger partial charge in [0.2, 0.25) is 0 Å². The van der Waals surface area contributed by atoms with E-state index in [1.54, 1.807) is 32.0 Å². The molecular formula is C11H14F3NO2. The Morgan fingerprint density at radius 1 is 1.18 bits per heavy atom. The average Bonchev–Trinajstić information content (AvgIpc) is 2.18. The number of rotatable bonds is 4. The first-order chi connectivity index (χ1) is 7.83. The highest BCUT2D eigenvalue weighted by Crippen LogP contribution is 2.35. The fourth-order valence-electron chi connectivity index (χ4n) is 1.25. The summed E-state index contributed by atoms with van der Waals surface area (Å²) in [5.74, 6) is -0.249. The minimum absolute atomic E-state index is 0.0791. The minimum Gasteiger partial charge on any atom is -0.490 e. The molecule has 0 aromatic heterocycles. The Kier molecular flexibility index (Phi) is 4.09. The zero-order valence-electron chi connectivity index (χ0n) is 9.84. The van der Waals surface area contributed by atoms with Crippen LogP contribution in [0.1, 0.15) is 6.92 Å². The van der Waals surface area contributed by atoms with Gasteiger partial charge in [-0.05, 0) is 19.1 Å². The lowest BCUT2D eigenvalue weighted by atomic mass is 10.2. The SMILES string of the molecule is CCOc1ccc(N(C)C)cc1OC(F)(F)F. The molecular weight excluding hydrogens is 235 g/mol. The van der Waals surface area contributed by atoms with Crippen LogP contribution in [0, 0.1) is 0 Å². The van der Waals surface area contributed by atoms with Crippen LogP contribution in [-0.2, 0) is 0 Å². The third-order valence-corrected chi connectivity index (χ3v) is 1.97. The van der Waals surface area contributed by atoms with E-state index in [4.69, 9.17) is 4.74 Å². The number of nitrogens with zero attached hydrogens (tertiary/aromatic N) is 1. The van der Waals surface area contributed by atoms with Crippen LogP contribution < -0.4 is 14.4 Å². The standard InChI is InChI=1S/C11H14F3NO2/c1-4-16-9-6-5-8(15(2)3)7-10(9)17-11(12,13)14/h5-7H,4H2,1-3H3. The maximum atomic E-state index is 12.2. The summed E-state index contributed by atoms with van der Waals surface area (Å²) < 4.78 is 45.6. The molecule has 0 saturated carbocycles. The molecule has 3 nitrogen and oxygen atoms in total. The minimum atomic E-state index is -4.73. The number of anilines is 1. The number of hydrogen-bond acceptors (Lipinski definition) is 3. The number of alkyl halides is 3. The van der Waals surface area contributed by atoms with Crippen molar-refractivity contribution in [1.29, 1.82) is 0 Å². The van der Waals surface area contributed by atoms with E-state index in [9.17, 15) is 13.2 Å². The predicted molar refractivity (Wildman–Crippen MR) is 58.6 cm³/mol. The van der Waals surface area contributed by atoms with E-state index in [0.717, 1.165) is 0 Å². The van der Waals surface area contributed by atoms with Crippen LogP contribution in [0.15, 0.2) is 18.2 Å². The number of benzene rings is 1. The Labute approximate surface area is 97.7 Å². The molecule has 0 spiro atoms. The van der Waals surface area contributed by atoms with Gasteiger partial charge in [0, 0.05) is 25.8 Å². The summed E-state index contributed by atoms with van der Waals surface area (Å²) in [5.41, 5.74) is 0.604. The van der Waals surface area contributed by atoms with Crippen LogP contribution in [0.25, 0.3) is 0 Å². The van der Waals surface area contributed by atoms with Crippen LogP contribution in [0.4, 0.5) is 18.9 Å². The van der Waals surface area contributed by atoms with E-state index in [1.807, 2.05) is 0 Å². The second-order valence-corrected chi connectivity index (χ2v) is 3.51. The van der Waals surface area contributed by atoms with Gasteiger partial charge in [-0.1, -0.05) is 0 Å². The molecule has 96 valence electrons. The molecule has 17 heavy (non-hydrogen) atoms. The summed E-state index contributed by atoms with van der Waals surface area (Å²) in [6.07, 6.45) is -4.73. The molecule has 0 heterocycles. The fourth-order valence-corrected chi connectivity index (χ4v) is 1.25. The third kappa shape index (κ3) is 4.05. The summed E-state index contributed by atoms with van der Waals surface area (Å²) in [6, 6.07) is 4.41. The Morgan fingerprint density at radius 3 is 2.29 bits per heavy atom. The zero-order valence-corrected chi connectivity index (χ0v) is 9.84. The Morgan fingerprint density at radius 2 is 1.82 bits per heavy atom. The van der Waals surface area contributed by atoms with Crippen LogP contribution in [0.5, 0.6) is 11.5 Å².